The molecule has 2 amide bonds. The summed E-state index contributed by atoms with van der Waals surface area (Å²) in [5.74, 6) is -2.05. The van der Waals surface area contributed by atoms with E-state index < -0.39 is 11.9 Å². The molecule has 0 atom stereocenters. The van der Waals surface area contributed by atoms with Gasteiger partial charge in [0.25, 0.3) is 5.91 Å². The summed E-state index contributed by atoms with van der Waals surface area (Å²) in [7, 11) is 1.47. The molecule has 3 aromatic carbocycles. The van der Waals surface area contributed by atoms with Crippen molar-refractivity contribution in [3.05, 3.63) is 83.4 Å². The van der Waals surface area contributed by atoms with E-state index in [9.17, 15) is 19.5 Å². The van der Waals surface area contributed by atoms with Gasteiger partial charge in [0, 0.05) is 18.7 Å². The molecule has 3 aromatic rings. The number of carbonyl (C=O) groups is 3. The number of hydrogen-bond acceptors (Lipinski definition) is 3. The summed E-state index contributed by atoms with van der Waals surface area (Å²) in [4.78, 5) is 35.8. The summed E-state index contributed by atoms with van der Waals surface area (Å²) < 4.78 is 0. The van der Waals surface area contributed by atoms with Gasteiger partial charge >= 0.3 is 5.97 Å². The van der Waals surface area contributed by atoms with Crippen LogP contribution in [0.1, 0.15) is 33.2 Å². The average molecular weight is 388 g/mol. The highest BCUT2D eigenvalue weighted by Gasteiger charge is 2.15. The predicted octanol–water partition coefficient (Wildman–Crippen LogP) is 3.94. The Morgan fingerprint density at radius 3 is 2.28 bits per heavy atom. The monoisotopic (exact) mass is 388 g/mol. The Bertz CT molecular complexity index is 1150. The first-order valence-corrected chi connectivity index (χ1v) is 8.97. The number of amides is 2. The van der Waals surface area contributed by atoms with Crippen LogP contribution >= 0.6 is 0 Å². The van der Waals surface area contributed by atoms with Gasteiger partial charge in [-0.2, -0.15) is 0 Å². The fraction of sp³-hybridized carbons (Fsp3) is 0.0870. The number of aromatic carboxylic acids is 1. The van der Waals surface area contributed by atoms with Crippen molar-refractivity contribution >= 4 is 39.8 Å². The highest BCUT2D eigenvalue weighted by molar-refractivity contribution is 6.08. The first kappa shape index (κ1) is 19.8. The normalized spacial score (nSPS) is 11.2. The number of allylic oxidation sites excluding steroid dienone is 1. The van der Waals surface area contributed by atoms with Crippen LogP contribution in [0.2, 0.25) is 0 Å². The Labute approximate surface area is 167 Å². The zero-order chi connectivity index (χ0) is 21.0. The average Bonchev–Trinajstić information content (AvgIpc) is 2.72. The molecule has 0 fully saturated rings. The van der Waals surface area contributed by atoms with E-state index in [0.717, 1.165) is 21.9 Å². The van der Waals surface area contributed by atoms with Gasteiger partial charge in [0.05, 0.1) is 11.3 Å². The lowest BCUT2D eigenvalue weighted by molar-refractivity contribution is -0.111. The van der Waals surface area contributed by atoms with Gasteiger partial charge in [-0.1, -0.05) is 36.4 Å². The molecule has 0 aliphatic rings. The summed E-state index contributed by atoms with van der Waals surface area (Å²) >= 11 is 0. The lowest BCUT2D eigenvalue weighted by atomic mass is 10.0. The van der Waals surface area contributed by atoms with Crippen LogP contribution in [-0.2, 0) is 4.79 Å². The van der Waals surface area contributed by atoms with Crippen molar-refractivity contribution in [3.63, 3.8) is 0 Å². The topological polar surface area (TPSA) is 95.5 Å². The van der Waals surface area contributed by atoms with Crippen molar-refractivity contribution < 1.29 is 19.5 Å². The minimum atomic E-state index is -1.20. The Morgan fingerprint density at radius 2 is 1.59 bits per heavy atom. The van der Waals surface area contributed by atoms with E-state index in [2.05, 4.69) is 10.6 Å². The Morgan fingerprint density at radius 1 is 0.897 bits per heavy atom. The third-order valence-electron chi connectivity index (χ3n) is 4.55. The highest BCUT2D eigenvalue weighted by Crippen LogP contribution is 2.22. The molecular weight excluding hydrogens is 368 g/mol. The van der Waals surface area contributed by atoms with Crippen LogP contribution in [-0.4, -0.2) is 29.9 Å². The molecule has 0 aliphatic carbocycles. The minimum absolute atomic E-state index is 0.0613. The van der Waals surface area contributed by atoms with Crippen molar-refractivity contribution in [2.45, 2.75) is 6.92 Å². The fourth-order valence-electron chi connectivity index (χ4n) is 3.00. The first-order chi connectivity index (χ1) is 13.9. The second-order valence-corrected chi connectivity index (χ2v) is 6.52. The van der Waals surface area contributed by atoms with Crippen molar-refractivity contribution in [2.75, 3.05) is 12.4 Å². The minimum Gasteiger partial charge on any atom is -0.478 e. The first-order valence-electron chi connectivity index (χ1n) is 8.97. The number of carbonyl (C=O) groups excluding carboxylic acids is 2. The molecule has 146 valence electrons. The SMILES string of the molecule is CNC(=O)c1ccc(C(=O)O)c(NC(=O)/C=C(/C)c2ccc3ccccc3c2)c1. The van der Waals surface area contributed by atoms with Crippen LogP contribution in [0.25, 0.3) is 16.3 Å². The van der Waals surface area contributed by atoms with Crippen LogP contribution in [0.5, 0.6) is 0 Å². The number of anilines is 1. The molecule has 0 radical (unpaired) electrons. The number of nitrogens with one attached hydrogen (secondary N) is 2. The van der Waals surface area contributed by atoms with Crippen LogP contribution in [0.3, 0.4) is 0 Å². The molecule has 0 heterocycles. The smallest absolute Gasteiger partial charge is 0.337 e. The van der Waals surface area contributed by atoms with E-state index in [1.807, 2.05) is 49.4 Å². The molecule has 0 aliphatic heterocycles. The van der Waals surface area contributed by atoms with Crippen molar-refractivity contribution in [3.8, 4) is 0 Å². The quantitative estimate of drug-likeness (QED) is 0.577. The molecular formula is C23H20N2O4. The second-order valence-electron chi connectivity index (χ2n) is 6.52. The molecule has 0 saturated heterocycles. The summed E-state index contributed by atoms with van der Waals surface area (Å²) in [6.45, 7) is 1.81. The summed E-state index contributed by atoms with van der Waals surface area (Å²) in [6, 6.07) is 17.9. The maximum Gasteiger partial charge on any atom is 0.337 e. The highest BCUT2D eigenvalue weighted by atomic mass is 16.4. The van der Waals surface area contributed by atoms with Gasteiger partial charge in [-0.3, -0.25) is 9.59 Å². The van der Waals surface area contributed by atoms with Crippen molar-refractivity contribution in [1.29, 1.82) is 0 Å². The van der Waals surface area contributed by atoms with Gasteiger partial charge in [0.1, 0.15) is 0 Å². The molecule has 0 bridgehead atoms. The Balaban J connectivity index is 1.88. The van der Waals surface area contributed by atoms with Gasteiger partial charge in [0.2, 0.25) is 5.91 Å². The molecule has 29 heavy (non-hydrogen) atoms. The maximum absolute atomic E-state index is 12.5. The number of carboxylic acid groups (broad SMARTS) is 1. The molecule has 3 N–H and O–H groups in total. The van der Waals surface area contributed by atoms with E-state index in [0.29, 0.717) is 0 Å². The summed E-state index contributed by atoms with van der Waals surface area (Å²) in [5.41, 5.74) is 1.83. The van der Waals surface area contributed by atoms with Crippen molar-refractivity contribution in [2.24, 2.45) is 0 Å². The Hall–Kier alpha value is -3.93. The van der Waals surface area contributed by atoms with E-state index >= 15 is 0 Å². The van der Waals surface area contributed by atoms with E-state index in [-0.39, 0.29) is 22.7 Å². The van der Waals surface area contributed by atoms with Crippen LogP contribution in [0.4, 0.5) is 5.69 Å². The van der Waals surface area contributed by atoms with Crippen LogP contribution in [0.15, 0.2) is 66.7 Å². The maximum atomic E-state index is 12.5. The molecule has 0 saturated carbocycles. The molecule has 0 unspecified atom stereocenters. The standard InChI is InChI=1S/C23H20N2O4/c1-14(16-8-7-15-5-3-4-6-17(15)12-16)11-21(26)25-20-13-18(22(27)24-2)9-10-19(20)23(28)29/h3-13H,1-2H3,(H,24,27)(H,25,26)(H,28,29)/b14-11-. The lowest BCUT2D eigenvalue weighted by Gasteiger charge is -2.10. The largest absolute Gasteiger partial charge is 0.478 e. The van der Waals surface area contributed by atoms with E-state index in [1.54, 1.807) is 0 Å². The molecule has 6 nitrogen and oxygen atoms in total. The van der Waals surface area contributed by atoms with Gasteiger partial charge in [0.15, 0.2) is 0 Å². The predicted molar refractivity (Wildman–Crippen MR) is 113 cm³/mol. The van der Waals surface area contributed by atoms with Crippen LogP contribution < -0.4 is 10.6 Å². The number of hydrogen-bond donors (Lipinski definition) is 3. The molecule has 0 spiro atoms. The zero-order valence-corrected chi connectivity index (χ0v) is 16.0. The molecule has 6 heteroatoms. The summed E-state index contributed by atoms with van der Waals surface area (Å²) in [6.07, 6.45) is 1.41. The van der Waals surface area contributed by atoms with Gasteiger partial charge in [-0.15, -0.1) is 0 Å². The number of benzene rings is 3. The van der Waals surface area contributed by atoms with Gasteiger partial charge in [-0.05, 0) is 53.1 Å². The molecule has 3 rings (SSSR count). The van der Waals surface area contributed by atoms with Gasteiger partial charge < -0.3 is 15.7 Å². The number of rotatable bonds is 5. The van der Waals surface area contributed by atoms with E-state index in [1.165, 1.54) is 31.3 Å². The third kappa shape index (κ3) is 4.50. The lowest BCUT2D eigenvalue weighted by Crippen LogP contribution is -2.19. The zero-order valence-electron chi connectivity index (χ0n) is 16.0. The second kappa shape index (κ2) is 8.39. The number of carboxylic acids is 1. The van der Waals surface area contributed by atoms with E-state index in [4.69, 9.17) is 0 Å². The Kier molecular flexibility index (Phi) is 5.74. The molecule has 0 aromatic heterocycles. The van der Waals surface area contributed by atoms with Crippen molar-refractivity contribution in [1.82, 2.24) is 5.32 Å². The summed E-state index contributed by atoms with van der Waals surface area (Å²) in [5, 5.41) is 16.6. The fourth-order valence-corrected chi connectivity index (χ4v) is 3.00. The van der Waals surface area contributed by atoms with Crippen LogP contribution in [0, 0.1) is 0 Å². The van der Waals surface area contributed by atoms with Gasteiger partial charge in [-0.25, -0.2) is 4.79 Å². The number of fused-ring (bicyclic) bond motifs is 1. The third-order valence-corrected chi connectivity index (χ3v) is 4.55.